The zero-order valence-corrected chi connectivity index (χ0v) is 11.3. The lowest BCUT2D eigenvalue weighted by atomic mass is 10.1. The Hall–Kier alpha value is -2.95. The summed E-state index contributed by atoms with van der Waals surface area (Å²) in [6.45, 7) is 0. The fraction of sp³-hybridized carbons (Fsp3) is 0.200. The Morgan fingerprint density at radius 2 is 2.13 bits per heavy atom. The van der Waals surface area contributed by atoms with Crippen molar-refractivity contribution in [3.63, 3.8) is 0 Å². The van der Waals surface area contributed by atoms with Crippen LogP contribution >= 0.6 is 0 Å². The molecule has 1 N–H and O–H groups in total. The quantitative estimate of drug-likeness (QED) is 0.681. The number of hydrogen-bond donors (Lipinski definition) is 1. The Morgan fingerprint density at radius 1 is 1.48 bits per heavy atom. The van der Waals surface area contributed by atoms with Crippen molar-refractivity contribution < 1.29 is 27.8 Å². The molecule has 8 heteroatoms. The molecule has 0 aliphatic heterocycles. The van der Waals surface area contributed by atoms with Gasteiger partial charge in [-0.05, 0) is 6.07 Å². The Labute approximate surface area is 126 Å². The van der Waals surface area contributed by atoms with E-state index in [-0.39, 0.29) is 17.3 Å². The van der Waals surface area contributed by atoms with Crippen molar-refractivity contribution in [2.75, 3.05) is 0 Å². The third-order valence-corrected chi connectivity index (χ3v) is 3.56. The van der Waals surface area contributed by atoms with Crippen LogP contribution in [0.15, 0.2) is 17.1 Å². The van der Waals surface area contributed by atoms with Gasteiger partial charge in [-0.2, -0.15) is 0 Å². The first kappa shape index (κ1) is 15.0. The van der Waals surface area contributed by atoms with E-state index >= 15 is 0 Å². The number of benzene rings is 1. The summed E-state index contributed by atoms with van der Waals surface area (Å²) in [5.74, 6) is -1.39. The summed E-state index contributed by atoms with van der Waals surface area (Å²) in [7, 11) is 0. The van der Waals surface area contributed by atoms with Gasteiger partial charge in [0.15, 0.2) is 17.4 Å². The molecule has 1 aliphatic rings. The van der Waals surface area contributed by atoms with E-state index in [9.17, 15) is 22.8 Å². The fourth-order valence-electron chi connectivity index (χ4n) is 2.44. The molecule has 2 aromatic rings. The molecule has 0 unspecified atom stereocenters. The number of rotatable bonds is 2. The zero-order chi connectivity index (χ0) is 16.9. The van der Waals surface area contributed by atoms with E-state index in [1.54, 1.807) is 0 Å². The number of fused-ring (bicyclic) bond motifs is 1. The van der Waals surface area contributed by atoms with E-state index in [1.165, 1.54) is 0 Å². The minimum Gasteiger partial charge on any atom is -0.449 e. The van der Waals surface area contributed by atoms with E-state index in [4.69, 9.17) is 11.5 Å². The number of pyridine rings is 1. The molecule has 0 amide bonds. The molecule has 1 fully saturated rings. The second-order valence-electron chi connectivity index (χ2n) is 5.00. The molecule has 1 saturated carbocycles. The van der Waals surface area contributed by atoms with Gasteiger partial charge in [-0.25, -0.2) is 18.0 Å². The summed E-state index contributed by atoms with van der Waals surface area (Å²) in [6, 6.07) is -0.166. The van der Waals surface area contributed by atoms with Gasteiger partial charge in [0.25, 0.3) is 0 Å². The fourth-order valence-corrected chi connectivity index (χ4v) is 2.44. The highest BCUT2D eigenvalue weighted by Crippen LogP contribution is 2.42. The lowest BCUT2D eigenvalue weighted by molar-refractivity contribution is 0.143. The average molecular weight is 323 g/mol. The van der Waals surface area contributed by atoms with E-state index in [0.717, 1.165) is 10.8 Å². The molecule has 3 rings (SSSR count). The van der Waals surface area contributed by atoms with Crippen molar-refractivity contribution in [2.45, 2.75) is 18.6 Å². The van der Waals surface area contributed by atoms with Gasteiger partial charge in [-0.15, -0.1) is 6.42 Å². The molecule has 1 aromatic carbocycles. The van der Waals surface area contributed by atoms with Gasteiger partial charge in [0, 0.05) is 6.42 Å². The number of nitrogens with zero attached hydrogens (tertiary/aromatic N) is 1. The van der Waals surface area contributed by atoms with E-state index in [0.29, 0.717) is 6.07 Å². The SMILES string of the molecule is C#Cc1c(F)c(F)cc2c(=O)c(OC(=O)O)cn([C@@H]3C[C@H]3F)c12. The third kappa shape index (κ3) is 2.30. The zero-order valence-electron chi connectivity index (χ0n) is 11.3. The predicted octanol–water partition coefficient (Wildman–Crippen LogP) is 2.60. The predicted molar refractivity (Wildman–Crippen MR) is 73.3 cm³/mol. The second kappa shape index (κ2) is 5.05. The van der Waals surface area contributed by atoms with Crippen LogP contribution in [0.3, 0.4) is 0 Å². The summed E-state index contributed by atoms with van der Waals surface area (Å²) in [6.07, 6.45) is 3.18. The molecule has 118 valence electrons. The van der Waals surface area contributed by atoms with E-state index < -0.39 is 46.7 Å². The number of ether oxygens (including phenoxy) is 1. The molecule has 1 heterocycles. The van der Waals surface area contributed by atoms with Crippen LogP contribution in [0, 0.1) is 24.0 Å². The lowest BCUT2D eigenvalue weighted by Crippen LogP contribution is -2.18. The largest absolute Gasteiger partial charge is 0.511 e. The normalized spacial score (nSPS) is 19.4. The monoisotopic (exact) mass is 323 g/mol. The van der Waals surface area contributed by atoms with Gasteiger partial charge in [-0.1, -0.05) is 5.92 Å². The lowest BCUT2D eigenvalue weighted by Gasteiger charge is -2.14. The van der Waals surface area contributed by atoms with Crippen LogP contribution in [0.4, 0.5) is 18.0 Å². The van der Waals surface area contributed by atoms with Gasteiger partial charge >= 0.3 is 6.16 Å². The van der Waals surface area contributed by atoms with Crippen LogP contribution in [0.5, 0.6) is 5.75 Å². The molecule has 0 spiro atoms. The van der Waals surface area contributed by atoms with Crippen LogP contribution < -0.4 is 10.2 Å². The highest BCUT2D eigenvalue weighted by atomic mass is 19.2. The first-order chi connectivity index (χ1) is 10.8. The summed E-state index contributed by atoms with van der Waals surface area (Å²) < 4.78 is 46.4. The smallest absolute Gasteiger partial charge is 0.449 e. The Bertz CT molecular complexity index is 945. The number of carbonyl (C=O) groups is 1. The Kier molecular flexibility index (Phi) is 3.29. The minimum absolute atomic E-state index is 0.0769. The maximum Gasteiger partial charge on any atom is 0.511 e. The van der Waals surface area contributed by atoms with Crippen LogP contribution in [-0.4, -0.2) is 22.0 Å². The molecule has 5 nitrogen and oxygen atoms in total. The van der Waals surface area contributed by atoms with Crippen molar-refractivity contribution >= 4 is 17.1 Å². The molecule has 1 aromatic heterocycles. The van der Waals surface area contributed by atoms with Crippen LogP contribution in [0.25, 0.3) is 10.9 Å². The standard InChI is InChI=1S/C15H8F3NO4/c1-2-6-12(18)9(17)3-7-13(6)19(10-4-8(10)16)5-11(14(7)20)23-15(21)22/h1,3,5,8,10H,4H2,(H,21,22)/t8-,10-/m1/s1. The van der Waals surface area contributed by atoms with Crippen LogP contribution in [0.2, 0.25) is 0 Å². The van der Waals surface area contributed by atoms with E-state index in [2.05, 4.69) is 4.74 Å². The minimum atomic E-state index is -1.76. The molecule has 0 radical (unpaired) electrons. The maximum absolute atomic E-state index is 13.9. The first-order valence-corrected chi connectivity index (χ1v) is 6.43. The average Bonchev–Trinajstić information content (AvgIpc) is 3.20. The molecule has 1 aliphatic carbocycles. The molecular formula is C15H8F3NO4. The number of aromatic nitrogens is 1. The summed E-state index contributed by atoms with van der Waals surface area (Å²) in [5.41, 5.74) is -1.68. The summed E-state index contributed by atoms with van der Waals surface area (Å²) in [4.78, 5) is 22.9. The molecule has 0 bridgehead atoms. The number of terminal acetylenes is 1. The molecule has 23 heavy (non-hydrogen) atoms. The van der Waals surface area contributed by atoms with Gasteiger partial charge < -0.3 is 14.4 Å². The van der Waals surface area contributed by atoms with Gasteiger partial charge in [-0.3, -0.25) is 4.79 Å². The van der Waals surface area contributed by atoms with Crippen molar-refractivity contribution in [3.05, 3.63) is 39.7 Å². The van der Waals surface area contributed by atoms with Crippen molar-refractivity contribution in [1.82, 2.24) is 4.57 Å². The Morgan fingerprint density at radius 3 is 2.65 bits per heavy atom. The molecular weight excluding hydrogens is 315 g/mol. The maximum atomic E-state index is 13.9. The summed E-state index contributed by atoms with van der Waals surface area (Å²) >= 11 is 0. The number of alkyl halides is 1. The van der Waals surface area contributed by atoms with Gasteiger partial charge in [0.1, 0.15) is 6.17 Å². The Balaban J connectivity index is 2.44. The highest BCUT2D eigenvalue weighted by molar-refractivity contribution is 5.87. The van der Waals surface area contributed by atoms with Gasteiger partial charge in [0.2, 0.25) is 5.43 Å². The summed E-state index contributed by atoms with van der Waals surface area (Å²) in [5, 5.41) is 8.27. The topological polar surface area (TPSA) is 68.5 Å². The third-order valence-electron chi connectivity index (χ3n) is 3.56. The van der Waals surface area contributed by atoms with Crippen molar-refractivity contribution in [3.8, 4) is 18.1 Å². The van der Waals surface area contributed by atoms with E-state index in [1.807, 2.05) is 5.92 Å². The van der Waals surface area contributed by atoms with Crippen LogP contribution in [0.1, 0.15) is 18.0 Å². The first-order valence-electron chi connectivity index (χ1n) is 6.43. The molecule has 2 atom stereocenters. The van der Waals surface area contributed by atoms with Crippen LogP contribution in [-0.2, 0) is 0 Å². The van der Waals surface area contributed by atoms with Gasteiger partial charge in [0.05, 0.1) is 28.7 Å². The number of carboxylic acid groups (broad SMARTS) is 1. The molecule has 0 saturated heterocycles. The number of halogens is 3. The highest BCUT2D eigenvalue weighted by Gasteiger charge is 2.40. The van der Waals surface area contributed by atoms with Crippen molar-refractivity contribution in [1.29, 1.82) is 0 Å². The van der Waals surface area contributed by atoms with Crippen molar-refractivity contribution in [2.24, 2.45) is 0 Å². The number of hydrogen-bond acceptors (Lipinski definition) is 3. The second-order valence-corrected chi connectivity index (χ2v) is 5.00.